The van der Waals surface area contributed by atoms with Gasteiger partial charge in [0, 0.05) is 17.5 Å². The molecule has 2 aliphatic rings. The third-order valence-electron chi connectivity index (χ3n) is 6.03. The minimum atomic E-state index is -0.711. The first-order chi connectivity index (χ1) is 14.5. The van der Waals surface area contributed by atoms with Crippen LogP contribution >= 0.6 is 11.3 Å². The average molecular weight is 423 g/mol. The number of rotatable bonds is 3. The largest absolute Gasteiger partial charge is 0.482 e. The van der Waals surface area contributed by atoms with Gasteiger partial charge in [-0.05, 0) is 56.4 Å². The molecule has 0 spiro atoms. The number of carbonyl (C=O) groups is 2. The molecule has 0 saturated heterocycles. The summed E-state index contributed by atoms with van der Waals surface area (Å²) in [6, 6.07) is 4.30. The molecule has 2 aromatic heterocycles. The van der Waals surface area contributed by atoms with Crippen LogP contribution in [-0.4, -0.2) is 34.9 Å². The van der Waals surface area contributed by atoms with Gasteiger partial charge < -0.3 is 9.64 Å². The molecule has 1 unspecified atom stereocenters. The number of ether oxygens (including phenoxy) is 1. The summed E-state index contributed by atoms with van der Waals surface area (Å²) in [6.45, 7) is 1.69. The predicted octanol–water partition coefficient (Wildman–Crippen LogP) is 3.14. The van der Waals surface area contributed by atoms with Crippen LogP contribution in [-0.2, 0) is 17.6 Å². The van der Waals surface area contributed by atoms with Crippen LogP contribution in [0.3, 0.4) is 0 Å². The Bertz CT molecular complexity index is 1260. The number of Topliss-reactive ketones (excluding diaryl/α,β-unsaturated/α-hetero) is 1. The standard InChI is InChI=1S/C22H21N3O4S/c1-12(20(27)13-7-8-16-15(9-13)24(2)18(26)10-29-16)25-11-23-21-19(22(25)28)14-5-3-4-6-17(14)30-21/h7-9,11-12H,3-6,10H2,1-2H3. The van der Waals surface area contributed by atoms with E-state index in [2.05, 4.69) is 4.98 Å². The summed E-state index contributed by atoms with van der Waals surface area (Å²) in [5, 5.41) is 0.668. The summed E-state index contributed by atoms with van der Waals surface area (Å²) >= 11 is 1.59. The highest BCUT2D eigenvalue weighted by atomic mass is 32.1. The maximum absolute atomic E-state index is 13.3. The number of likely N-dealkylation sites (N-methyl/N-ethyl adjacent to an activating group) is 1. The van der Waals surface area contributed by atoms with Crippen molar-refractivity contribution in [3.8, 4) is 5.75 Å². The molecule has 1 amide bonds. The lowest BCUT2D eigenvalue weighted by atomic mass is 9.97. The molecule has 0 saturated carbocycles. The lowest BCUT2D eigenvalue weighted by Gasteiger charge is -2.26. The van der Waals surface area contributed by atoms with Crippen LogP contribution in [0.4, 0.5) is 5.69 Å². The molecule has 1 aromatic carbocycles. The quantitative estimate of drug-likeness (QED) is 0.605. The van der Waals surface area contributed by atoms with E-state index < -0.39 is 6.04 Å². The van der Waals surface area contributed by atoms with Crippen molar-refractivity contribution in [1.82, 2.24) is 9.55 Å². The number of nitrogens with zero attached hydrogens (tertiary/aromatic N) is 3. The number of aromatic nitrogens is 2. The Kier molecular flexibility index (Phi) is 4.47. The highest BCUT2D eigenvalue weighted by Crippen LogP contribution is 2.35. The number of carbonyl (C=O) groups excluding carboxylic acids is 2. The first-order valence-corrected chi connectivity index (χ1v) is 10.9. The average Bonchev–Trinajstić information content (AvgIpc) is 3.15. The molecule has 0 bridgehead atoms. The fraction of sp³-hybridized carbons (Fsp3) is 0.364. The minimum Gasteiger partial charge on any atom is -0.482 e. The van der Waals surface area contributed by atoms with E-state index in [4.69, 9.17) is 4.74 Å². The molecular formula is C22H21N3O4S. The molecule has 0 N–H and O–H groups in total. The smallest absolute Gasteiger partial charge is 0.264 e. The van der Waals surface area contributed by atoms with E-state index in [-0.39, 0.29) is 23.9 Å². The molecule has 3 aromatic rings. The number of ketones is 1. The van der Waals surface area contributed by atoms with Gasteiger partial charge in [0.15, 0.2) is 12.4 Å². The fourth-order valence-electron chi connectivity index (χ4n) is 4.23. The Morgan fingerprint density at radius 1 is 1.23 bits per heavy atom. The van der Waals surface area contributed by atoms with E-state index in [0.29, 0.717) is 22.4 Å². The minimum absolute atomic E-state index is 0.0146. The molecule has 30 heavy (non-hydrogen) atoms. The van der Waals surface area contributed by atoms with Crippen molar-refractivity contribution in [2.75, 3.05) is 18.6 Å². The molecular weight excluding hydrogens is 402 g/mol. The summed E-state index contributed by atoms with van der Waals surface area (Å²) in [7, 11) is 1.66. The van der Waals surface area contributed by atoms with Gasteiger partial charge in [-0.2, -0.15) is 0 Å². The number of hydrogen-bond acceptors (Lipinski definition) is 6. The molecule has 154 valence electrons. The van der Waals surface area contributed by atoms with Crippen molar-refractivity contribution in [1.29, 1.82) is 0 Å². The van der Waals surface area contributed by atoms with E-state index in [1.165, 1.54) is 20.7 Å². The maximum atomic E-state index is 13.3. The molecule has 1 aliphatic carbocycles. The monoisotopic (exact) mass is 423 g/mol. The van der Waals surface area contributed by atoms with Crippen LogP contribution < -0.4 is 15.2 Å². The normalized spacial score (nSPS) is 16.7. The van der Waals surface area contributed by atoms with Gasteiger partial charge in [0.1, 0.15) is 10.6 Å². The van der Waals surface area contributed by atoms with Crippen molar-refractivity contribution in [3.05, 3.63) is 50.9 Å². The molecule has 0 fully saturated rings. The number of amides is 1. The molecule has 1 aliphatic heterocycles. The predicted molar refractivity (Wildman–Crippen MR) is 115 cm³/mol. The van der Waals surface area contributed by atoms with Crippen LogP contribution in [0.2, 0.25) is 0 Å². The van der Waals surface area contributed by atoms with Gasteiger partial charge in [-0.3, -0.25) is 19.0 Å². The molecule has 1 atom stereocenters. The number of thiophene rings is 1. The SMILES string of the molecule is CC(C(=O)c1ccc2c(c1)N(C)C(=O)CO2)n1cnc2sc3c(c2c1=O)CCCC3. The third-order valence-corrected chi connectivity index (χ3v) is 7.23. The third kappa shape index (κ3) is 2.86. The van der Waals surface area contributed by atoms with E-state index in [9.17, 15) is 14.4 Å². The topological polar surface area (TPSA) is 81.5 Å². The second-order valence-electron chi connectivity index (χ2n) is 7.81. The zero-order chi connectivity index (χ0) is 21.0. The van der Waals surface area contributed by atoms with E-state index in [1.807, 2.05) is 0 Å². The first-order valence-electron chi connectivity index (χ1n) is 10.0. The summed E-state index contributed by atoms with van der Waals surface area (Å²) < 4.78 is 6.86. The van der Waals surface area contributed by atoms with Gasteiger partial charge in [0.25, 0.3) is 11.5 Å². The van der Waals surface area contributed by atoms with Crippen molar-refractivity contribution in [2.45, 2.75) is 38.6 Å². The van der Waals surface area contributed by atoms with Crippen LogP contribution in [0.25, 0.3) is 10.2 Å². The molecule has 5 rings (SSSR count). The lowest BCUT2D eigenvalue weighted by molar-refractivity contribution is -0.120. The van der Waals surface area contributed by atoms with Crippen molar-refractivity contribution in [3.63, 3.8) is 0 Å². The number of fused-ring (bicyclic) bond motifs is 4. The molecule has 7 nitrogen and oxygen atoms in total. The van der Waals surface area contributed by atoms with Crippen LogP contribution in [0.15, 0.2) is 29.3 Å². The van der Waals surface area contributed by atoms with Crippen LogP contribution in [0.1, 0.15) is 46.6 Å². The Morgan fingerprint density at radius 2 is 2.03 bits per heavy atom. The molecule has 0 radical (unpaired) electrons. The highest BCUT2D eigenvalue weighted by Gasteiger charge is 2.27. The van der Waals surface area contributed by atoms with Crippen LogP contribution in [0, 0.1) is 0 Å². The number of hydrogen-bond donors (Lipinski definition) is 0. The first kappa shape index (κ1) is 19.0. The lowest BCUT2D eigenvalue weighted by Crippen LogP contribution is -2.35. The van der Waals surface area contributed by atoms with Crippen LogP contribution in [0.5, 0.6) is 5.75 Å². The number of anilines is 1. The summed E-state index contributed by atoms with van der Waals surface area (Å²) in [4.78, 5) is 46.4. The zero-order valence-electron chi connectivity index (χ0n) is 16.8. The maximum Gasteiger partial charge on any atom is 0.264 e. The summed E-state index contributed by atoms with van der Waals surface area (Å²) in [6.07, 6.45) is 5.58. The van der Waals surface area contributed by atoms with Gasteiger partial charge >= 0.3 is 0 Å². The number of aryl methyl sites for hydroxylation is 2. The second kappa shape index (κ2) is 7.05. The summed E-state index contributed by atoms with van der Waals surface area (Å²) in [5.74, 6) is 0.177. The van der Waals surface area contributed by atoms with Gasteiger partial charge in [0.2, 0.25) is 0 Å². The van der Waals surface area contributed by atoms with Crippen molar-refractivity contribution < 1.29 is 14.3 Å². The fourth-order valence-corrected chi connectivity index (χ4v) is 5.45. The number of benzene rings is 1. The summed E-state index contributed by atoms with van der Waals surface area (Å²) in [5.41, 5.74) is 1.93. The Morgan fingerprint density at radius 3 is 2.87 bits per heavy atom. The Hall–Kier alpha value is -3.00. The Labute approximate surface area is 176 Å². The van der Waals surface area contributed by atoms with Crippen molar-refractivity contribution >= 4 is 38.9 Å². The van der Waals surface area contributed by atoms with E-state index >= 15 is 0 Å². The molecule has 3 heterocycles. The van der Waals surface area contributed by atoms with Gasteiger partial charge in [-0.15, -0.1) is 11.3 Å². The molecule has 8 heteroatoms. The van der Waals surface area contributed by atoms with Gasteiger partial charge in [0.05, 0.1) is 23.4 Å². The zero-order valence-corrected chi connectivity index (χ0v) is 17.6. The van der Waals surface area contributed by atoms with E-state index in [0.717, 1.165) is 36.1 Å². The van der Waals surface area contributed by atoms with Gasteiger partial charge in [-0.25, -0.2) is 4.98 Å². The Balaban J connectivity index is 1.53. The van der Waals surface area contributed by atoms with Gasteiger partial charge in [-0.1, -0.05) is 0 Å². The second-order valence-corrected chi connectivity index (χ2v) is 8.90. The van der Waals surface area contributed by atoms with E-state index in [1.54, 1.807) is 43.5 Å². The van der Waals surface area contributed by atoms with Crippen molar-refractivity contribution in [2.24, 2.45) is 0 Å². The highest BCUT2D eigenvalue weighted by molar-refractivity contribution is 7.18.